The number of benzene rings is 2. The second-order valence-electron chi connectivity index (χ2n) is 5.81. The first-order chi connectivity index (χ1) is 11.0. The third-order valence-corrected chi connectivity index (χ3v) is 6.67. The maximum atomic E-state index is 12.8. The molecule has 0 radical (unpaired) electrons. The molecule has 0 amide bonds. The Morgan fingerprint density at radius 2 is 1.65 bits per heavy atom. The van der Waals surface area contributed by atoms with Gasteiger partial charge in [-0.05, 0) is 29.7 Å². The Bertz CT molecular complexity index is 810. The molecule has 120 valence electrons. The minimum Gasteiger partial charge on any atom is -0.481 e. The molecule has 1 N–H and O–H groups in total. The molecule has 0 saturated heterocycles. The Hall–Kier alpha value is -2.14. The van der Waals surface area contributed by atoms with Gasteiger partial charge in [0.15, 0.2) is 9.84 Å². The molecule has 0 heterocycles. The van der Waals surface area contributed by atoms with Crippen molar-refractivity contribution in [1.82, 2.24) is 0 Å². The molecule has 4 nitrogen and oxygen atoms in total. The molecule has 2 aromatic carbocycles. The highest BCUT2D eigenvalue weighted by molar-refractivity contribution is 7.92. The van der Waals surface area contributed by atoms with E-state index in [1.165, 1.54) is 12.1 Å². The lowest BCUT2D eigenvalue weighted by Crippen LogP contribution is -2.13. The summed E-state index contributed by atoms with van der Waals surface area (Å²) >= 11 is 0. The van der Waals surface area contributed by atoms with Gasteiger partial charge in [-0.2, -0.15) is 0 Å². The van der Waals surface area contributed by atoms with E-state index in [2.05, 4.69) is 0 Å². The van der Waals surface area contributed by atoms with Gasteiger partial charge in [0.1, 0.15) is 0 Å². The largest absolute Gasteiger partial charge is 0.481 e. The van der Waals surface area contributed by atoms with Gasteiger partial charge in [0.25, 0.3) is 0 Å². The summed E-state index contributed by atoms with van der Waals surface area (Å²) in [5.41, 5.74) is 1.92. The highest BCUT2D eigenvalue weighted by atomic mass is 32.2. The van der Waals surface area contributed by atoms with Crippen LogP contribution in [-0.4, -0.2) is 24.7 Å². The number of hydrogen-bond donors (Lipinski definition) is 1. The van der Waals surface area contributed by atoms with E-state index in [4.69, 9.17) is 0 Å². The lowest BCUT2D eigenvalue weighted by Gasteiger charge is -2.04. The first-order valence-electron chi connectivity index (χ1n) is 7.57. The van der Waals surface area contributed by atoms with Crippen LogP contribution in [0.5, 0.6) is 0 Å². The SMILES string of the molecule is CCc1ccc([C@H]2[C@@H](C(=O)O)[C@@H]2S(=O)(=O)c2ccccc2)cc1. The summed E-state index contributed by atoms with van der Waals surface area (Å²) in [5, 5.41) is 8.51. The second-order valence-corrected chi connectivity index (χ2v) is 7.91. The van der Waals surface area contributed by atoms with Gasteiger partial charge in [0.05, 0.1) is 16.1 Å². The maximum absolute atomic E-state index is 12.8. The average Bonchev–Trinajstić information content (AvgIpc) is 3.32. The molecule has 23 heavy (non-hydrogen) atoms. The quantitative estimate of drug-likeness (QED) is 0.915. The van der Waals surface area contributed by atoms with Crippen LogP contribution in [-0.2, 0) is 21.1 Å². The second kappa shape index (κ2) is 5.81. The van der Waals surface area contributed by atoms with Crippen LogP contribution in [0.3, 0.4) is 0 Å². The van der Waals surface area contributed by atoms with E-state index in [-0.39, 0.29) is 4.90 Å². The summed E-state index contributed by atoms with van der Waals surface area (Å²) < 4.78 is 25.5. The number of sulfone groups is 1. The van der Waals surface area contributed by atoms with Crippen molar-refractivity contribution < 1.29 is 18.3 Å². The van der Waals surface area contributed by atoms with E-state index in [1.54, 1.807) is 18.2 Å². The molecule has 0 spiro atoms. The van der Waals surface area contributed by atoms with Gasteiger partial charge in [-0.25, -0.2) is 8.42 Å². The molecule has 0 bridgehead atoms. The van der Waals surface area contributed by atoms with Crippen molar-refractivity contribution >= 4 is 15.8 Å². The molecule has 0 aromatic heterocycles. The minimum atomic E-state index is -3.65. The molecule has 5 heteroatoms. The van der Waals surface area contributed by atoms with Crippen molar-refractivity contribution in [3.05, 3.63) is 65.7 Å². The van der Waals surface area contributed by atoms with Crippen LogP contribution in [0, 0.1) is 5.92 Å². The fraction of sp³-hybridized carbons (Fsp3) is 0.278. The first-order valence-corrected chi connectivity index (χ1v) is 9.12. The van der Waals surface area contributed by atoms with Gasteiger partial charge in [0, 0.05) is 5.92 Å². The summed E-state index contributed by atoms with van der Waals surface area (Å²) in [7, 11) is -3.65. The first kappa shape index (κ1) is 15.7. The van der Waals surface area contributed by atoms with Crippen LogP contribution in [0.4, 0.5) is 0 Å². The van der Waals surface area contributed by atoms with Crippen molar-refractivity contribution in [2.24, 2.45) is 5.92 Å². The zero-order chi connectivity index (χ0) is 16.6. The summed E-state index contributed by atoms with van der Waals surface area (Å²) in [6.45, 7) is 2.04. The predicted octanol–water partition coefficient (Wildman–Crippen LogP) is 2.89. The van der Waals surface area contributed by atoms with Gasteiger partial charge in [-0.3, -0.25) is 4.79 Å². The molecule has 2 aromatic rings. The zero-order valence-electron chi connectivity index (χ0n) is 12.7. The van der Waals surface area contributed by atoms with Crippen LogP contribution < -0.4 is 0 Å². The summed E-state index contributed by atoms with van der Waals surface area (Å²) in [6.07, 6.45) is 0.888. The number of aryl methyl sites for hydroxylation is 1. The molecule has 3 atom stereocenters. The van der Waals surface area contributed by atoms with Crippen molar-refractivity contribution in [3.8, 4) is 0 Å². The molecule has 1 aliphatic carbocycles. The van der Waals surface area contributed by atoms with Crippen molar-refractivity contribution in [2.75, 3.05) is 0 Å². The molecule has 1 saturated carbocycles. The number of carbonyl (C=O) groups is 1. The topological polar surface area (TPSA) is 71.4 Å². The lowest BCUT2D eigenvalue weighted by atomic mass is 10.1. The fourth-order valence-electron chi connectivity index (χ4n) is 3.10. The summed E-state index contributed by atoms with van der Waals surface area (Å²) in [4.78, 5) is 11.7. The highest BCUT2D eigenvalue weighted by Gasteiger charge is 2.63. The van der Waals surface area contributed by atoms with Gasteiger partial charge < -0.3 is 5.11 Å². The van der Waals surface area contributed by atoms with Crippen LogP contribution in [0.25, 0.3) is 0 Å². The van der Waals surface area contributed by atoms with Crippen LogP contribution >= 0.6 is 0 Å². The van der Waals surface area contributed by atoms with E-state index >= 15 is 0 Å². The Morgan fingerprint density at radius 3 is 2.17 bits per heavy atom. The number of carboxylic acid groups (broad SMARTS) is 1. The molecular formula is C18H18O4S. The van der Waals surface area contributed by atoms with E-state index in [1.807, 2.05) is 31.2 Å². The average molecular weight is 330 g/mol. The highest BCUT2D eigenvalue weighted by Crippen LogP contribution is 2.54. The zero-order valence-corrected chi connectivity index (χ0v) is 13.5. The van der Waals surface area contributed by atoms with E-state index in [0.29, 0.717) is 0 Å². The van der Waals surface area contributed by atoms with Crippen molar-refractivity contribution in [3.63, 3.8) is 0 Å². The Morgan fingerprint density at radius 1 is 1.04 bits per heavy atom. The molecule has 0 aliphatic heterocycles. The van der Waals surface area contributed by atoms with Gasteiger partial charge in [0.2, 0.25) is 0 Å². The normalized spacial score (nSPS) is 23.4. The van der Waals surface area contributed by atoms with Crippen molar-refractivity contribution in [1.29, 1.82) is 0 Å². The van der Waals surface area contributed by atoms with Gasteiger partial charge >= 0.3 is 5.97 Å². The lowest BCUT2D eigenvalue weighted by molar-refractivity contribution is -0.138. The molecular weight excluding hydrogens is 312 g/mol. The number of aliphatic carboxylic acids is 1. The minimum absolute atomic E-state index is 0.184. The van der Waals surface area contributed by atoms with Crippen LogP contribution in [0.2, 0.25) is 0 Å². The molecule has 1 fully saturated rings. The molecule has 3 rings (SSSR count). The van der Waals surface area contributed by atoms with Gasteiger partial charge in [-0.15, -0.1) is 0 Å². The Balaban J connectivity index is 1.96. The standard InChI is InChI=1S/C18H18O4S/c1-2-12-8-10-13(11-9-12)15-16(18(19)20)17(15)23(21,22)14-6-4-3-5-7-14/h3-11,15-17H,2H2,1H3,(H,19,20)/t15-,16+,17+/m0/s1. The van der Waals surface area contributed by atoms with E-state index in [9.17, 15) is 18.3 Å². The van der Waals surface area contributed by atoms with Gasteiger partial charge in [-0.1, -0.05) is 49.4 Å². The third kappa shape index (κ3) is 2.77. The number of carboxylic acids is 1. The van der Waals surface area contributed by atoms with E-state index in [0.717, 1.165) is 17.5 Å². The summed E-state index contributed by atoms with van der Waals surface area (Å²) in [6, 6.07) is 15.6. The van der Waals surface area contributed by atoms with Crippen LogP contribution in [0.15, 0.2) is 59.5 Å². The maximum Gasteiger partial charge on any atom is 0.308 e. The van der Waals surface area contributed by atoms with Crippen LogP contribution in [0.1, 0.15) is 24.0 Å². The monoisotopic (exact) mass is 330 g/mol. The number of hydrogen-bond acceptors (Lipinski definition) is 3. The third-order valence-electron chi connectivity index (χ3n) is 4.44. The molecule has 0 unspecified atom stereocenters. The predicted molar refractivity (Wildman–Crippen MR) is 87.1 cm³/mol. The smallest absolute Gasteiger partial charge is 0.308 e. The van der Waals surface area contributed by atoms with E-state index < -0.39 is 32.9 Å². The summed E-state index contributed by atoms with van der Waals surface area (Å²) in [5.74, 6) is -2.42. The van der Waals surface area contributed by atoms with Crippen molar-refractivity contribution in [2.45, 2.75) is 29.4 Å². The number of rotatable bonds is 5. The Kier molecular flexibility index (Phi) is 3.98. The molecule has 1 aliphatic rings. The fourth-order valence-corrected chi connectivity index (χ4v) is 5.25. The Labute approximate surface area is 135 Å².